The van der Waals surface area contributed by atoms with Gasteiger partial charge in [0, 0.05) is 27.6 Å². The molecule has 2 unspecified atom stereocenters. The van der Waals surface area contributed by atoms with E-state index in [0.29, 0.717) is 31.4 Å². The highest BCUT2D eigenvalue weighted by atomic mass is 16.5. The van der Waals surface area contributed by atoms with Crippen LogP contribution in [0.2, 0.25) is 0 Å². The molecule has 0 N–H and O–H groups in total. The number of hydrogen-bond donors (Lipinski definition) is 0. The number of methoxy groups -OCH3 is 1. The Hall–Kier alpha value is -2.26. The van der Waals surface area contributed by atoms with Crippen LogP contribution in [0.3, 0.4) is 0 Å². The molecule has 0 aliphatic carbocycles. The zero-order valence-electron chi connectivity index (χ0n) is 15.0. The van der Waals surface area contributed by atoms with Gasteiger partial charge in [0.2, 0.25) is 17.7 Å². The van der Waals surface area contributed by atoms with E-state index in [-0.39, 0.29) is 24.5 Å². The van der Waals surface area contributed by atoms with Crippen molar-refractivity contribution in [2.75, 3.05) is 33.9 Å². The van der Waals surface area contributed by atoms with Crippen molar-refractivity contribution in [3.8, 4) is 0 Å². The van der Waals surface area contributed by atoms with E-state index < -0.39 is 17.4 Å². The highest BCUT2D eigenvalue weighted by Gasteiger charge is 2.67. The van der Waals surface area contributed by atoms with Gasteiger partial charge in [-0.2, -0.15) is 4.98 Å². The number of likely N-dealkylation sites (tertiary alicyclic amines) is 1. The van der Waals surface area contributed by atoms with Crippen molar-refractivity contribution in [1.82, 2.24) is 19.9 Å². The van der Waals surface area contributed by atoms with Gasteiger partial charge < -0.3 is 23.8 Å². The SMILES string of the molecule is COCCN1C[C@]23C=C[C@H](O2)C(C(=O)N(C)Cc2noc(C)n2)C3C1=O. The summed E-state index contributed by atoms with van der Waals surface area (Å²) in [6.45, 7) is 3.34. The molecular weight excluding hydrogens is 340 g/mol. The number of hydrogen-bond acceptors (Lipinski definition) is 7. The zero-order valence-corrected chi connectivity index (χ0v) is 15.0. The van der Waals surface area contributed by atoms with Gasteiger partial charge in [0.15, 0.2) is 5.82 Å². The van der Waals surface area contributed by atoms with Gasteiger partial charge in [-0.25, -0.2) is 0 Å². The van der Waals surface area contributed by atoms with E-state index in [4.69, 9.17) is 14.0 Å². The Bertz CT molecular complexity index is 762. The van der Waals surface area contributed by atoms with Gasteiger partial charge >= 0.3 is 0 Å². The third-order valence-corrected chi connectivity index (χ3v) is 5.35. The van der Waals surface area contributed by atoms with Gasteiger partial charge in [0.05, 0.1) is 37.6 Å². The molecule has 1 spiro atoms. The van der Waals surface area contributed by atoms with Crippen LogP contribution in [0.1, 0.15) is 11.7 Å². The van der Waals surface area contributed by atoms with Crippen LogP contribution >= 0.6 is 0 Å². The van der Waals surface area contributed by atoms with Crippen LogP contribution in [-0.4, -0.2) is 77.3 Å². The van der Waals surface area contributed by atoms with Crippen LogP contribution in [0.5, 0.6) is 0 Å². The quantitative estimate of drug-likeness (QED) is 0.645. The lowest BCUT2D eigenvalue weighted by atomic mass is 9.76. The Morgan fingerprint density at radius 2 is 2.35 bits per heavy atom. The first-order chi connectivity index (χ1) is 12.4. The molecule has 0 saturated carbocycles. The normalized spacial score (nSPS) is 31.7. The highest BCUT2D eigenvalue weighted by Crippen LogP contribution is 2.52. The largest absolute Gasteiger partial charge is 0.383 e. The van der Waals surface area contributed by atoms with Gasteiger partial charge in [-0.3, -0.25) is 9.59 Å². The van der Waals surface area contributed by atoms with Gasteiger partial charge in [0.1, 0.15) is 5.60 Å². The molecule has 2 fully saturated rings. The number of aromatic nitrogens is 2. The van der Waals surface area contributed by atoms with Gasteiger partial charge in [-0.05, 0) is 0 Å². The number of rotatable bonds is 6. The lowest BCUT2D eigenvalue weighted by Crippen LogP contribution is -2.44. The van der Waals surface area contributed by atoms with Gasteiger partial charge in [-0.15, -0.1) is 0 Å². The number of carbonyl (C=O) groups is 2. The molecule has 9 nitrogen and oxygen atoms in total. The third kappa shape index (κ3) is 2.53. The minimum Gasteiger partial charge on any atom is -0.383 e. The Labute approximate surface area is 150 Å². The molecule has 2 bridgehead atoms. The average Bonchev–Trinajstić information content (AvgIpc) is 3.34. The second-order valence-electron chi connectivity index (χ2n) is 7.08. The van der Waals surface area contributed by atoms with E-state index in [1.807, 2.05) is 12.2 Å². The minimum absolute atomic E-state index is 0.0453. The summed E-state index contributed by atoms with van der Waals surface area (Å²) in [6, 6.07) is 0. The fourth-order valence-electron chi connectivity index (χ4n) is 4.20. The van der Waals surface area contributed by atoms with Crippen LogP contribution in [0.15, 0.2) is 16.7 Å². The predicted molar refractivity (Wildman–Crippen MR) is 87.7 cm³/mol. The van der Waals surface area contributed by atoms with E-state index in [0.717, 1.165) is 0 Å². The van der Waals surface area contributed by atoms with Crippen molar-refractivity contribution < 1.29 is 23.6 Å². The van der Waals surface area contributed by atoms with Crippen LogP contribution in [0, 0.1) is 18.8 Å². The number of fused-ring (bicyclic) bond motifs is 1. The molecule has 4 heterocycles. The van der Waals surface area contributed by atoms with Gasteiger partial charge in [-0.1, -0.05) is 17.3 Å². The third-order valence-electron chi connectivity index (χ3n) is 5.35. The predicted octanol–water partition coefficient (Wildman–Crippen LogP) is -0.235. The Morgan fingerprint density at radius 3 is 3.04 bits per heavy atom. The topological polar surface area (TPSA) is 98.0 Å². The van der Waals surface area contributed by atoms with Crippen molar-refractivity contribution in [3.05, 3.63) is 23.9 Å². The zero-order chi connectivity index (χ0) is 18.5. The molecule has 2 saturated heterocycles. The molecule has 26 heavy (non-hydrogen) atoms. The summed E-state index contributed by atoms with van der Waals surface area (Å²) in [5.74, 6) is -0.320. The maximum atomic E-state index is 13.1. The molecule has 140 valence electrons. The van der Waals surface area contributed by atoms with E-state index in [9.17, 15) is 9.59 Å². The molecule has 0 radical (unpaired) electrons. The van der Waals surface area contributed by atoms with Crippen molar-refractivity contribution in [1.29, 1.82) is 0 Å². The second kappa shape index (κ2) is 6.17. The molecule has 3 aliphatic heterocycles. The molecule has 0 aromatic carbocycles. The molecule has 1 aromatic rings. The summed E-state index contributed by atoms with van der Waals surface area (Å²) in [5.41, 5.74) is -0.695. The number of carbonyl (C=O) groups excluding carboxylic acids is 2. The van der Waals surface area contributed by atoms with E-state index in [2.05, 4.69) is 10.1 Å². The lowest BCUT2D eigenvalue weighted by molar-refractivity contribution is -0.143. The van der Waals surface area contributed by atoms with Crippen molar-refractivity contribution in [2.45, 2.75) is 25.2 Å². The molecule has 3 aliphatic rings. The smallest absolute Gasteiger partial charge is 0.230 e. The molecule has 2 amide bonds. The van der Waals surface area contributed by atoms with Crippen LogP contribution in [0.25, 0.3) is 0 Å². The minimum atomic E-state index is -0.695. The van der Waals surface area contributed by atoms with Crippen LogP contribution in [-0.2, 0) is 25.6 Å². The maximum Gasteiger partial charge on any atom is 0.230 e. The first-order valence-corrected chi connectivity index (χ1v) is 8.64. The Kier molecular flexibility index (Phi) is 4.07. The second-order valence-corrected chi connectivity index (χ2v) is 7.08. The summed E-state index contributed by atoms with van der Waals surface area (Å²) >= 11 is 0. The van der Waals surface area contributed by atoms with E-state index >= 15 is 0 Å². The van der Waals surface area contributed by atoms with E-state index in [1.165, 1.54) is 4.90 Å². The monoisotopic (exact) mass is 362 g/mol. The van der Waals surface area contributed by atoms with Crippen LogP contribution < -0.4 is 0 Å². The molecule has 4 rings (SSSR count). The molecular formula is C17H22N4O5. The van der Waals surface area contributed by atoms with Gasteiger partial charge in [0.25, 0.3) is 0 Å². The fraction of sp³-hybridized carbons (Fsp3) is 0.647. The number of ether oxygens (including phenoxy) is 2. The summed E-state index contributed by atoms with van der Waals surface area (Å²) in [6.07, 6.45) is 3.48. The van der Waals surface area contributed by atoms with E-state index in [1.54, 1.807) is 26.0 Å². The fourth-order valence-corrected chi connectivity index (χ4v) is 4.20. The molecule has 1 aromatic heterocycles. The Balaban J connectivity index is 1.52. The highest BCUT2D eigenvalue weighted by molar-refractivity contribution is 5.92. The Morgan fingerprint density at radius 1 is 1.54 bits per heavy atom. The molecule has 9 heteroatoms. The summed E-state index contributed by atoms with van der Waals surface area (Å²) in [5, 5.41) is 3.82. The van der Waals surface area contributed by atoms with Crippen LogP contribution in [0.4, 0.5) is 0 Å². The first kappa shape index (κ1) is 17.2. The summed E-state index contributed by atoms with van der Waals surface area (Å²) in [7, 11) is 3.28. The summed E-state index contributed by atoms with van der Waals surface area (Å²) < 4.78 is 16.1. The van der Waals surface area contributed by atoms with Crippen molar-refractivity contribution >= 4 is 11.8 Å². The lowest BCUT2D eigenvalue weighted by Gasteiger charge is -2.27. The van der Waals surface area contributed by atoms with Crippen molar-refractivity contribution in [2.24, 2.45) is 11.8 Å². The number of aryl methyl sites for hydroxylation is 1. The number of amides is 2. The van der Waals surface area contributed by atoms with Crippen molar-refractivity contribution in [3.63, 3.8) is 0 Å². The standard InChI is InChI=1S/C17H22N4O5/c1-10-18-12(19-26-10)8-20(2)15(22)13-11-4-5-17(25-11)9-21(6-7-24-3)16(23)14(13)17/h4-5,11,13-14H,6-9H2,1-3H3/t11-,13?,14?,17-/m0/s1. The number of nitrogens with zero attached hydrogens (tertiary/aromatic N) is 4. The first-order valence-electron chi connectivity index (χ1n) is 8.64. The maximum absolute atomic E-state index is 13.1. The average molecular weight is 362 g/mol. The molecule has 4 atom stereocenters. The summed E-state index contributed by atoms with van der Waals surface area (Å²) in [4.78, 5) is 33.4.